The van der Waals surface area contributed by atoms with Crippen LogP contribution in [-0.2, 0) is 4.74 Å². The van der Waals surface area contributed by atoms with Crippen LogP contribution in [0.5, 0.6) is 0 Å². The summed E-state index contributed by atoms with van der Waals surface area (Å²) in [6.45, 7) is 3.46. The number of morpholine rings is 1. The van der Waals surface area contributed by atoms with E-state index in [1.165, 1.54) is 6.07 Å². The Kier molecular flexibility index (Phi) is 4.65. The molecular weight excluding hydrogens is 385 g/mol. The number of nitrogens with zero attached hydrogens (tertiary/aromatic N) is 2. The zero-order valence-corrected chi connectivity index (χ0v) is 16.3. The lowest BCUT2D eigenvalue weighted by Crippen LogP contribution is -2.43. The summed E-state index contributed by atoms with van der Waals surface area (Å²) < 4.78 is 20.4. The molecule has 1 fully saturated rings. The van der Waals surface area contributed by atoms with E-state index in [0.29, 0.717) is 53.3 Å². The van der Waals surface area contributed by atoms with Crippen molar-refractivity contribution in [2.24, 2.45) is 4.99 Å². The van der Waals surface area contributed by atoms with Crippen LogP contribution in [0, 0.1) is 5.82 Å². The van der Waals surface area contributed by atoms with Crippen molar-refractivity contribution in [1.29, 1.82) is 0 Å². The molecule has 0 saturated carbocycles. The Balaban J connectivity index is 1.74. The van der Waals surface area contributed by atoms with E-state index in [9.17, 15) is 9.18 Å². The fraction of sp³-hybridized carbons (Fsp3) is 0.227. The van der Waals surface area contributed by atoms with Gasteiger partial charge in [0.05, 0.1) is 35.4 Å². The molecule has 30 heavy (non-hydrogen) atoms. The zero-order chi connectivity index (χ0) is 20.7. The number of fused-ring (bicyclic) bond motifs is 3. The molecule has 0 bridgehead atoms. The SMILES string of the molecule is CC1=CNc2c(cc(C(=O)C3CNCCO3)c3[nH]ncc23)C(c2ccccc2F)=N1. The standard InChI is InChI=1S/C22H20FN5O2/c1-12-9-25-19-14(20(27-12)13-4-2-3-5-17(13)23)8-15(21-16(19)10-26-28-21)22(29)18-11-24-6-7-30-18/h2-5,8-10,18,24-25H,6-7,11H2,1H3,(H,26,28). The minimum absolute atomic E-state index is 0.152. The molecule has 0 spiro atoms. The van der Waals surface area contributed by atoms with Gasteiger partial charge in [-0.15, -0.1) is 0 Å². The van der Waals surface area contributed by atoms with Crippen LogP contribution in [0.2, 0.25) is 0 Å². The summed E-state index contributed by atoms with van der Waals surface area (Å²) >= 11 is 0. The van der Waals surface area contributed by atoms with E-state index in [1.807, 2.05) is 6.92 Å². The van der Waals surface area contributed by atoms with Gasteiger partial charge in [0.25, 0.3) is 0 Å². The maximum absolute atomic E-state index is 14.7. The van der Waals surface area contributed by atoms with E-state index < -0.39 is 6.10 Å². The molecule has 0 amide bonds. The number of hydrogen-bond acceptors (Lipinski definition) is 6. The predicted molar refractivity (Wildman–Crippen MR) is 112 cm³/mol. The maximum atomic E-state index is 14.7. The number of rotatable bonds is 3. The number of aromatic nitrogens is 2. The Labute approximate surface area is 172 Å². The quantitative estimate of drug-likeness (QED) is 0.583. The lowest BCUT2D eigenvalue weighted by atomic mass is 9.93. The number of aromatic amines is 1. The number of aliphatic imine (C=N–C) groups is 1. The number of carbonyl (C=O) groups is 1. The van der Waals surface area contributed by atoms with Gasteiger partial charge in [0, 0.05) is 41.4 Å². The van der Waals surface area contributed by atoms with Gasteiger partial charge in [0.1, 0.15) is 11.9 Å². The molecular formula is C22H20FN5O2. The first-order valence-corrected chi connectivity index (χ1v) is 9.77. The second-order valence-corrected chi connectivity index (χ2v) is 7.30. The van der Waals surface area contributed by atoms with E-state index in [-0.39, 0.29) is 11.6 Å². The fourth-order valence-corrected chi connectivity index (χ4v) is 3.86. The van der Waals surface area contributed by atoms with Crippen molar-refractivity contribution in [3.05, 3.63) is 70.9 Å². The molecule has 0 aliphatic carbocycles. The summed E-state index contributed by atoms with van der Waals surface area (Å²) in [6, 6.07) is 8.24. The van der Waals surface area contributed by atoms with Crippen molar-refractivity contribution in [3.8, 4) is 0 Å². The molecule has 7 nitrogen and oxygen atoms in total. The van der Waals surface area contributed by atoms with E-state index in [1.54, 1.807) is 36.7 Å². The van der Waals surface area contributed by atoms with Crippen LogP contribution in [0.15, 0.2) is 53.4 Å². The number of Topliss-reactive ketones (excluding diaryl/α,β-unsaturated/α-hetero) is 1. The molecule has 3 N–H and O–H groups in total. The maximum Gasteiger partial charge on any atom is 0.195 e. The van der Waals surface area contributed by atoms with Crippen molar-refractivity contribution in [2.45, 2.75) is 13.0 Å². The van der Waals surface area contributed by atoms with Gasteiger partial charge < -0.3 is 15.4 Å². The minimum Gasteiger partial charge on any atom is -0.367 e. The van der Waals surface area contributed by atoms with Gasteiger partial charge in [0.15, 0.2) is 5.78 Å². The summed E-state index contributed by atoms with van der Waals surface area (Å²) in [5.41, 5.74) is 3.93. The van der Waals surface area contributed by atoms with Crippen LogP contribution in [0.1, 0.15) is 28.4 Å². The Hall–Kier alpha value is -3.36. The number of benzene rings is 2. The number of H-pyrrole nitrogens is 1. The van der Waals surface area contributed by atoms with Gasteiger partial charge in [-0.25, -0.2) is 4.39 Å². The highest BCUT2D eigenvalue weighted by molar-refractivity contribution is 6.23. The third-order valence-corrected chi connectivity index (χ3v) is 5.32. The first-order chi connectivity index (χ1) is 14.6. The smallest absolute Gasteiger partial charge is 0.195 e. The number of carbonyl (C=O) groups excluding carboxylic acids is 1. The highest BCUT2D eigenvalue weighted by Gasteiger charge is 2.29. The summed E-state index contributed by atoms with van der Waals surface area (Å²) in [6.07, 6.45) is 2.83. The molecule has 1 atom stereocenters. The molecule has 8 heteroatoms. The number of ether oxygens (including phenoxy) is 1. The molecule has 1 unspecified atom stereocenters. The largest absolute Gasteiger partial charge is 0.367 e. The van der Waals surface area contributed by atoms with E-state index >= 15 is 0 Å². The average molecular weight is 405 g/mol. The second kappa shape index (κ2) is 7.47. The summed E-state index contributed by atoms with van der Waals surface area (Å²) in [5.74, 6) is -0.530. The van der Waals surface area contributed by atoms with Crippen molar-refractivity contribution < 1.29 is 13.9 Å². The topological polar surface area (TPSA) is 91.4 Å². The molecule has 1 saturated heterocycles. The Morgan fingerprint density at radius 2 is 2.13 bits per heavy atom. The van der Waals surface area contributed by atoms with Crippen molar-refractivity contribution in [1.82, 2.24) is 15.5 Å². The Morgan fingerprint density at radius 3 is 2.93 bits per heavy atom. The average Bonchev–Trinajstić information content (AvgIpc) is 3.20. The molecule has 1 aromatic heterocycles. The van der Waals surface area contributed by atoms with E-state index in [2.05, 4.69) is 25.8 Å². The van der Waals surface area contributed by atoms with Gasteiger partial charge in [-0.3, -0.25) is 14.9 Å². The number of anilines is 1. The van der Waals surface area contributed by atoms with Crippen LogP contribution in [0.4, 0.5) is 10.1 Å². The van der Waals surface area contributed by atoms with Crippen LogP contribution in [-0.4, -0.2) is 47.5 Å². The lowest BCUT2D eigenvalue weighted by Gasteiger charge is -2.23. The van der Waals surface area contributed by atoms with Crippen LogP contribution >= 0.6 is 0 Å². The monoisotopic (exact) mass is 405 g/mol. The number of allylic oxidation sites excluding steroid dienone is 1. The highest BCUT2D eigenvalue weighted by Crippen LogP contribution is 2.34. The van der Waals surface area contributed by atoms with Gasteiger partial charge in [0.2, 0.25) is 0 Å². The van der Waals surface area contributed by atoms with Crippen LogP contribution in [0.3, 0.4) is 0 Å². The second-order valence-electron chi connectivity index (χ2n) is 7.30. The number of ketones is 1. The summed E-state index contributed by atoms with van der Waals surface area (Å²) in [7, 11) is 0. The molecule has 2 aromatic carbocycles. The number of hydrogen-bond donors (Lipinski definition) is 3. The van der Waals surface area contributed by atoms with Gasteiger partial charge in [-0.2, -0.15) is 5.10 Å². The predicted octanol–water partition coefficient (Wildman–Crippen LogP) is 3.00. The van der Waals surface area contributed by atoms with E-state index in [4.69, 9.17) is 4.74 Å². The minimum atomic E-state index is -0.587. The van der Waals surface area contributed by atoms with Crippen molar-refractivity contribution in [3.63, 3.8) is 0 Å². The Bertz CT molecular complexity index is 1210. The van der Waals surface area contributed by atoms with Crippen molar-refractivity contribution in [2.75, 3.05) is 25.0 Å². The summed E-state index contributed by atoms with van der Waals surface area (Å²) in [4.78, 5) is 17.9. The molecule has 3 heterocycles. The molecule has 5 rings (SSSR count). The molecule has 2 aliphatic heterocycles. The molecule has 3 aromatic rings. The third kappa shape index (κ3) is 3.10. The Morgan fingerprint density at radius 1 is 1.27 bits per heavy atom. The normalized spacial score (nSPS) is 18.8. The first kappa shape index (κ1) is 18.7. The lowest BCUT2D eigenvalue weighted by molar-refractivity contribution is 0.0270. The highest BCUT2D eigenvalue weighted by atomic mass is 19.1. The number of halogens is 1. The number of nitrogens with one attached hydrogen (secondary N) is 3. The molecule has 0 radical (unpaired) electrons. The fourth-order valence-electron chi connectivity index (χ4n) is 3.86. The third-order valence-electron chi connectivity index (χ3n) is 5.32. The van der Waals surface area contributed by atoms with E-state index in [0.717, 1.165) is 11.1 Å². The first-order valence-electron chi connectivity index (χ1n) is 9.77. The van der Waals surface area contributed by atoms with Gasteiger partial charge >= 0.3 is 0 Å². The van der Waals surface area contributed by atoms with Gasteiger partial charge in [-0.1, -0.05) is 12.1 Å². The molecule has 2 aliphatic rings. The van der Waals surface area contributed by atoms with Crippen molar-refractivity contribution >= 4 is 28.1 Å². The van der Waals surface area contributed by atoms with Crippen LogP contribution < -0.4 is 10.6 Å². The summed E-state index contributed by atoms with van der Waals surface area (Å²) in [5, 5.41) is 14.3. The zero-order valence-electron chi connectivity index (χ0n) is 16.3. The van der Waals surface area contributed by atoms with Crippen LogP contribution in [0.25, 0.3) is 10.9 Å². The molecule has 152 valence electrons. The van der Waals surface area contributed by atoms with Gasteiger partial charge in [-0.05, 0) is 25.1 Å².